The highest BCUT2D eigenvalue weighted by molar-refractivity contribution is 7.09. The SMILES string of the molecule is CN(CCN(C)C(=O)[C@H](Cc1ccccc1)N(Cc1ccc(-c2ccccn2)cc1)C(=O)/C=C/c1ccc(C(F)(F)F)cc1)Cc1cccs1. The monoisotopic (exact) mass is 696 g/mol. The van der Waals surface area contributed by atoms with Crippen molar-refractivity contribution in [3.8, 4) is 11.3 Å². The Hall–Kier alpha value is -5.06. The summed E-state index contributed by atoms with van der Waals surface area (Å²) >= 11 is 1.68. The van der Waals surface area contributed by atoms with Gasteiger partial charge in [0.1, 0.15) is 6.04 Å². The van der Waals surface area contributed by atoms with E-state index in [0.29, 0.717) is 18.7 Å². The van der Waals surface area contributed by atoms with Gasteiger partial charge in [-0.2, -0.15) is 13.2 Å². The molecular formula is C40H39F3N4O2S. The van der Waals surface area contributed by atoms with E-state index in [-0.39, 0.29) is 18.9 Å². The number of rotatable bonds is 14. The highest BCUT2D eigenvalue weighted by Gasteiger charge is 2.32. The Labute approximate surface area is 295 Å². The maximum Gasteiger partial charge on any atom is 0.416 e. The van der Waals surface area contributed by atoms with Crippen LogP contribution in [0.4, 0.5) is 13.2 Å². The molecule has 1 atom stereocenters. The van der Waals surface area contributed by atoms with E-state index in [9.17, 15) is 22.8 Å². The minimum absolute atomic E-state index is 0.133. The maximum absolute atomic E-state index is 14.3. The van der Waals surface area contributed by atoms with Gasteiger partial charge < -0.3 is 9.80 Å². The van der Waals surface area contributed by atoms with Crippen LogP contribution < -0.4 is 0 Å². The zero-order valence-corrected chi connectivity index (χ0v) is 28.8. The Morgan fingerprint density at radius 2 is 1.52 bits per heavy atom. The van der Waals surface area contributed by atoms with Gasteiger partial charge in [0.15, 0.2) is 0 Å². The van der Waals surface area contributed by atoms with Crippen molar-refractivity contribution < 1.29 is 22.8 Å². The number of alkyl halides is 3. The van der Waals surface area contributed by atoms with E-state index in [4.69, 9.17) is 0 Å². The molecule has 258 valence electrons. The predicted molar refractivity (Wildman–Crippen MR) is 193 cm³/mol. The first-order chi connectivity index (χ1) is 24.1. The molecule has 2 amide bonds. The Morgan fingerprint density at radius 1 is 0.800 bits per heavy atom. The van der Waals surface area contributed by atoms with Crippen LogP contribution in [0.2, 0.25) is 0 Å². The summed E-state index contributed by atoms with van der Waals surface area (Å²) in [5.41, 5.74) is 3.10. The quantitative estimate of drug-likeness (QED) is 0.110. The summed E-state index contributed by atoms with van der Waals surface area (Å²) in [6, 6.07) is 30.8. The van der Waals surface area contributed by atoms with E-state index in [1.807, 2.05) is 91.3 Å². The number of hydrogen-bond donors (Lipinski definition) is 0. The molecule has 5 aromatic rings. The molecule has 0 N–H and O–H groups in total. The van der Waals surface area contributed by atoms with Gasteiger partial charge >= 0.3 is 6.18 Å². The van der Waals surface area contributed by atoms with Gasteiger partial charge in [-0.25, -0.2) is 0 Å². The maximum atomic E-state index is 14.3. The van der Waals surface area contributed by atoms with Gasteiger partial charge in [0.05, 0.1) is 11.3 Å². The summed E-state index contributed by atoms with van der Waals surface area (Å²) in [6.45, 7) is 1.98. The molecule has 0 aliphatic heterocycles. The fourth-order valence-electron chi connectivity index (χ4n) is 5.50. The van der Waals surface area contributed by atoms with Crippen LogP contribution in [0, 0.1) is 0 Å². The summed E-state index contributed by atoms with van der Waals surface area (Å²) in [7, 11) is 3.76. The van der Waals surface area contributed by atoms with E-state index in [1.54, 1.807) is 34.4 Å². The van der Waals surface area contributed by atoms with Crippen molar-refractivity contribution in [2.45, 2.75) is 31.7 Å². The van der Waals surface area contributed by atoms with Gasteiger partial charge in [0.25, 0.3) is 0 Å². The second kappa shape index (κ2) is 17.0. The number of carbonyl (C=O) groups excluding carboxylic acids is 2. The normalized spacial score (nSPS) is 12.3. The van der Waals surface area contributed by atoms with Crippen LogP contribution in [0.15, 0.2) is 127 Å². The highest BCUT2D eigenvalue weighted by atomic mass is 32.1. The lowest BCUT2D eigenvalue weighted by atomic mass is 10.0. The zero-order chi connectivity index (χ0) is 35.5. The lowest BCUT2D eigenvalue weighted by Crippen LogP contribution is -2.51. The molecular weight excluding hydrogens is 658 g/mol. The van der Waals surface area contributed by atoms with Gasteiger partial charge in [-0.1, -0.05) is 78.9 Å². The van der Waals surface area contributed by atoms with Crippen molar-refractivity contribution in [1.82, 2.24) is 19.7 Å². The predicted octanol–water partition coefficient (Wildman–Crippen LogP) is 8.07. The molecule has 0 fully saturated rings. The zero-order valence-electron chi connectivity index (χ0n) is 28.0. The number of pyridine rings is 1. The molecule has 0 spiro atoms. The van der Waals surface area contributed by atoms with Crippen LogP contribution in [-0.2, 0) is 35.3 Å². The first kappa shape index (κ1) is 36.2. The molecule has 50 heavy (non-hydrogen) atoms. The number of benzene rings is 3. The first-order valence-corrected chi connectivity index (χ1v) is 17.1. The van der Waals surface area contributed by atoms with Gasteiger partial charge in [-0.05, 0) is 65.5 Å². The Bertz CT molecular complexity index is 1830. The molecule has 0 bridgehead atoms. The summed E-state index contributed by atoms with van der Waals surface area (Å²) in [5, 5.41) is 2.04. The molecule has 3 aromatic carbocycles. The third kappa shape index (κ3) is 10.2. The average Bonchev–Trinajstić information content (AvgIpc) is 3.64. The van der Waals surface area contributed by atoms with Crippen molar-refractivity contribution in [2.24, 2.45) is 0 Å². The number of halogens is 3. The molecule has 0 unspecified atom stereocenters. The van der Waals surface area contributed by atoms with Crippen LogP contribution in [-0.4, -0.2) is 64.7 Å². The fraction of sp³-hybridized carbons (Fsp3) is 0.225. The molecule has 10 heteroatoms. The van der Waals surface area contributed by atoms with Crippen molar-refractivity contribution in [1.29, 1.82) is 0 Å². The second-order valence-corrected chi connectivity index (χ2v) is 13.1. The van der Waals surface area contributed by atoms with E-state index in [2.05, 4.69) is 16.0 Å². The summed E-state index contributed by atoms with van der Waals surface area (Å²) in [6.07, 6.45) is 0.346. The lowest BCUT2D eigenvalue weighted by molar-refractivity contribution is -0.143. The molecule has 2 heterocycles. The molecule has 0 radical (unpaired) electrons. The van der Waals surface area contributed by atoms with Gasteiger partial charge in [-0.15, -0.1) is 11.3 Å². The number of hydrogen-bond acceptors (Lipinski definition) is 5. The standard InChI is InChI=1S/C40H39F3N4O2S/c1-45(29-35-11-8-26-50-35)24-25-46(2)39(49)37(27-31-9-4-3-5-10-31)47(28-32-13-18-33(19-14-32)36-12-6-7-23-44-36)38(48)22-17-30-15-20-34(21-16-30)40(41,42)43/h3-23,26,37H,24-25,27-29H2,1-2H3/b22-17+/t37-/m0/s1. The number of amides is 2. The molecule has 5 rings (SSSR count). The van der Waals surface area contributed by atoms with Gasteiger partial charge in [-0.3, -0.25) is 19.5 Å². The van der Waals surface area contributed by atoms with Crippen LogP contribution in [0.1, 0.15) is 27.1 Å². The minimum atomic E-state index is -4.46. The first-order valence-electron chi connectivity index (χ1n) is 16.2. The van der Waals surface area contributed by atoms with E-state index >= 15 is 0 Å². The highest BCUT2D eigenvalue weighted by Crippen LogP contribution is 2.29. The van der Waals surface area contributed by atoms with Crippen molar-refractivity contribution in [3.05, 3.63) is 154 Å². The van der Waals surface area contributed by atoms with Crippen molar-refractivity contribution in [3.63, 3.8) is 0 Å². The number of nitrogens with zero attached hydrogens (tertiary/aromatic N) is 4. The molecule has 0 aliphatic carbocycles. The molecule has 2 aromatic heterocycles. The molecule has 0 saturated heterocycles. The van der Waals surface area contributed by atoms with E-state index in [0.717, 1.165) is 41.1 Å². The second-order valence-electron chi connectivity index (χ2n) is 12.1. The largest absolute Gasteiger partial charge is 0.416 e. The third-order valence-electron chi connectivity index (χ3n) is 8.34. The molecule has 0 aliphatic rings. The number of likely N-dealkylation sites (N-methyl/N-ethyl adjacent to an activating group) is 2. The van der Waals surface area contributed by atoms with Crippen molar-refractivity contribution in [2.75, 3.05) is 27.2 Å². The molecule has 6 nitrogen and oxygen atoms in total. The van der Waals surface area contributed by atoms with Crippen LogP contribution in [0.3, 0.4) is 0 Å². The molecule has 0 saturated carbocycles. The summed E-state index contributed by atoms with van der Waals surface area (Å²) < 4.78 is 39.4. The number of carbonyl (C=O) groups is 2. The summed E-state index contributed by atoms with van der Waals surface area (Å²) in [4.78, 5) is 39.5. The topological polar surface area (TPSA) is 56.8 Å². The van der Waals surface area contributed by atoms with Crippen molar-refractivity contribution >= 4 is 29.2 Å². The number of thiophene rings is 1. The lowest BCUT2D eigenvalue weighted by Gasteiger charge is -2.34. The summed E-state index contributed by atoms with van der Waals surface area (Å²) in [5.74, 6) is -0.643. The third-order valence-corrected chi connectivity index (χ3v) is 9.20. The Morgan fingerprint density at radius 3 is 2.16 bits per heavy atom. The van der Waals surface area contributed by atoms with E-state index < -0.39 is 23.7 Å². The van der Waals surface area contributed by atoms with Crippen LogP contribution in [0.5, 0.6) is 0 Å². The van der Waals surface area contributed by atoms with Gasteiger partial charge in [0, 0.05) is 62.4 Å². The Kier molecular flexibility index (Phi) is 12.4. The van der Waals surface area contributed by atoms with Gasteiger partial charge in [0.2, 0.25) is 11.8 Å². The van der Waals surface area contributed by atoms with E-state index in [1.165, 1.54) is 29.2 Å². The van der Waals surface area contributed by atoms with Crippen LogP contribution in [0.25, 0.3) is 17.3 Å². The minimum Gasteiger partial charge on any atom is -0.343 e. The smallest absolute Gasteiger partial charge is 0.343 e. The van der Waals surface area contributed by atoms with Crippen LogP contribution >= 0.6 is 11.3 Å². The number of aromatic nitrogens is 1. The average molecular weight is 697 g/mol. The fourth-order valence-corrected chi connectivity index (χ4v) is 6.28. The Balaban J connectivity index is 1.43.